The van der Waals surface area contributed by atoms with Crippen LogP contribution in [0.1, 0.15) is 37.3 Å². The van der Waals surface area contributed by atoms with Crippen LogP contribution in [0.2, 0.25) is 0 Å². The topological polar surface area (TPSA) is 58.1 Å². The van der Waals surface area contributed by atoms with Crippen LogP contribution in [0, 0.1) is 0 Å². The van der Waals surface area contributed by atoms with Gasteiger partial charge >= 0.3 is 0 Å². The Balaban J connectivity index is 0.00000341. The first-order chi connectivity index (χ1) is 14.7. The smallest absolute Gasteiger partial charge is 0.195 e. The normalized spacial score (nSPS) is 14.5. The molecule has 1 aliphatic heterocycles. The molecule has 0 radical (unpaired) electrons. The van der Waals surface area contributed by atoms with Crippen molar-refractivity contribution < 1.29 is 9.47 Å². The number of methoxy groups -OCH3 is 1. The highest BCUT2D eigenvalue weighted by Gasteiger charge is 2.13. The van der Waals surface area contributed by atoms with E-state index in [9.17, 15) is 0 Å². The highest BCUT2D eigenvalue weighted by atomic mass is 127. The van der Waals surface area contributed by atoms with Gasteiger partial charge in [-0.3, -0.25) is 9.89 Å². The van der Waals surface area contributed by atoms with E-state index < -0.39 is 0 Å². The summed E-state index contributed by atoms with van der Waals surface area (Å²) in [6.07, 6.45) is 3.98. The summed E-state index contributed by atoms with van der Waals surface area (Å²) >= 11 is 0. The Hall–Kier alpha value is -2.00. The minimum Gasteiger partial charge on any atom is -0.493 e. The number of likely N-dealkylation sites (tertiary alicyclic amines) is 1. The van der Waals surface area contributed by atoms with Gasteiger partial charge in [-0.15, -0.1) is 24.0 Å². The predicted molar refractivity (Wildman–Crippen MR) is 139 cm³/mol. The second-order valence-corrected chi connectivity index (χ2v) is 7.45. The number of hydrogen-bond donors (Lipinski definition) is 2. The maximum atomic E-state index is 5.67. The van der Waals surface area contributed by atoms with E-state index in [0.717, 1.165) is 30.5 Å². The van der Waals surface area contributed by atoms with Crippen molar-refractivity contribution in [3.8, 4) is 11.5 Å². The molecular formula is C24H35IN4O2. The maximum absolute atomic E-state index is 5.67. The summed E-state index contributed by atoms with van der Waals surface area (Å²) in [6, 6.07) is 14.4. The molecule has 0 aliphatic carbocycles. The molecule has 0 spiro atoms. The van der Waals surface area contributed by atoms with E-state index in [-0.39, 0.29) is 24.0 Å². The van der Waals surface area contributed by atoms with Crippen molar-refractivity contribution in [2.45, 2.75) is 39.3 Å². The zero-order chi connectivity index (χ0) is 21.2. The summed E-state index contributed by atoms with van der Waals surface area (Å²) in [6.45, 7) is 6.68. The van der Waals surface area contributed by atoms with Crippen molar-refractivity contribution in [2.75, 3.05) is 39.2 Å². The number of guanidine groups is 1. The number of anilines is 1. The lowest BCUT2D eigenvalue weighted by Gasteiger charge is -2.27. The molecule has 31 heavy (non-hydrogen) atoms. The van der Waals surface area contributed by atoms with Crippen LogP contribution in [0.5, 0.6) is 11.5 Å². The lowest BCUT2D eigenvalue weighted by molar-refractivity contribution is 0.220. The highest BCUT2D eigenvalue weighted by Crippen LogP contribution is 2.30. The molecule has 6 nitrogen and oxygen atoms in total. The summed E-state index contributed by atoms with van der Waals surface area (Å²) < 4.78 is 11.0. The maximum Gasteiger partial charge on any atom is 0.195 e. The van der Waals surface area contributed by atoms with Crippen molar-refractivity contribution in [1.29, 1.82) is 0 Å². The molecule has 0 atom stereocenters. The van der Waals surface area contributed by atoms with E-state index >= 15 is 0 Å². The molecule has 3 rings (SSSR count). The van der Waals surface area contributed by atoms with E-state index in [1.165, 1.54) is 43.5 Å². The molecule has 1 heterocycles. The molecule has 0 saturated carbocycles. The second-order valence-electron chi connectivity index (χ2n) is 7.45. The summed E-state index contributed by atoms with van der Waals surface area (Å²) in [5, 5.41) is 6.78. The third-order valence-electron chi connectivity index (χ3n) is 5.36. The van der Waals surface area contributed by atoms with Gasteiger partial charge in [0.25, 0.3) is 0 Å². The predicted octanol–water partition coefficient (Wildman–Crippen LogP) is 4.89. The molecule has 1 aliphatic rings. The minimum absolute atomic E-state index is 0. The van der Waals surface area contributed by atoms with E-state index in [0.29, 0.717) is 12.4 Å². The SMILES string of the molecule is CCOc1cc(NC(=NC)NCc2ccccc2CN2CCCCC2)ccc1OC.I. The average Bonchev–Trinajstić information content (AvgIpc) is 2.78. The molecule has 0 bridgehead atoms. The molecule has 7 heteroatoms. The van der Waals surface area contributed by atoms with E-state index in [1.54, 1.807) is 14.2 Å². The summed E-state index contributed by atoms with van der Waals surface area (Å²) in [7, 11) is 3.43. The number of aliphatic imine (C=N–C) groups is 1. The number of nitrogens with one attached hydrogen (secondary N) is 2. The number of nitrogens with zero attached hydrogens (tertiary/aromatic N) is 2. The van der Waals surface area contributed by atoms with Crippen molar-refractivity contribution in [1.82, 2.24) is 10.2 Å². The Bertz CT molecular complexity index is 838. The Morgan fingerprint density at radius 3 is 2.45 bits per heavy atom. The van der Waals surface area contributed by atoms with Crippen molar-refractivity contribution in [3.63, 3.8) is 0 Å². The third kappa shape index (κ3) is 7.57. The number of piperidine rings is 1. The standard InChI is InChI=1S/C24H34N4O2.HI/c1-4-30-23-16-21(12-13-22(23)29-3)27-24(25-2)26-17-19-10-6-7-11-20(19)18-28-14-8-5-9-15-28;/h6-7,10-13,16H,4-5,8-9,14-15,17-18H2,1-3H3,(H2,25,26,27);1H. The molecular weight excluding hydrogens is 503 g/mol. The molecule has 2 aromatic carbocycles. The first kappa shape index (κ1) is 25.3. The fourth-order valence-electron chi connectivity index (χ4n) is 3.76. The van der Waals surface area contributed by atoms with Gasteiger partial charge in [0, 0.05) is 31.9 Å². The molecule has 0 aromatic heterocycles. The Morgan fingerprint density at radius 2 is 1.77 bits per heavy atom. The first-order valence-electron chi connectivity index (χ1n) is 10.8. The lowest BCUT2D eigenvalue weighted by Crippen LogP contribution is -2.32. The molecule has 2 aromatic rings. The fourth-order valence-corrected chi connectivity index (χ4v) is 3.76. The molecule has 0 unspecified atom stereocenters. The lowest BCUT2D eigenvalue weighted by atomic mass is 10.0. The average molecular weight is 538 g/mol. The zero-order valence-electron chi connectivity index (χ0n) is 18.8. The van der Waals surface area contributed by atoms with E-state index in [2.05, 4.69) is 44.8 Å². The Kier molecular flexibility index (Phi) is 10.9. The third-order valence-corrected chi connectivity index (χ3v) is 5.36. The first-order valence-corrected chi connectivity index (χ1v) is 10.8. The van der Waals surface area contributed by atoms with Crippen LogP contribution >= 0.6 is 24.0 Å². The van der Waals surface area contributed by atoms with Gasteiger partial charge in [-0.1, -0.05) is 30.7 Å². The number of hydrogen-bond acceptors (Lipinski definition) is 4. The quantitative estimate of drug-likeness (QED) is 0.285. The van der Waals surface area contributed by atoms with Crippen LogP contribution in [0.15, 0.2) is 47.5 Å². The molecule has 2 N–H and O–H groups in total. The van der Waals surface area contributed by atoms with Crippen molar-refractivity contribution in [3.05, 3.63) is 53.6 Å². The summed E-state index contributed by atoms with van der Waals surface area (Å²) in [4.78, 5) is 6.93. The van der Waals surface area contributed by atoms with Crippen LogP contribution in [-0.4, -0.2) is 44.7 Å². The van der Waals surface area contributed by atoms with Crippen LogP contribution < -0.4 is 20.1 Å². The number of ether oxygens (including phenoxy) is 2. The molecule has 1 saturated heterocycles. The van der Waals surface area contributed by atoms with Gasteiger partial charge < -0.3 is 20.1 Å². The molecule has 0 amide bonds. The van der Waals surface area contributed by atoms with Gasteiger partial charge in [0.1, 0.15) is 0 Å². The van der Waals surface area contributed by atoms with Crippen LogP contribution in [-0.2, 0) is 13.1 Å². The summed E-state index contributed by atoms with van der Waals surface area (Å²) in [5.41, 5.74) is 3.58. The van der Waals surface area contributed by atoms with Crippen LogP contribution in [0.4, 0.5) is 5.69 Å². The van der Waals surface area contributed by atoms with Crippen LogP contribution in [0.3, 0.4) is 0 Å². The van der Waals surface area contributed by atoms with Crippen LogP contribution in [0.25, 0.3) is 0 Å². The van der Waals surface area contributed by atoms with Gasteiger partial charge in [0.05, 0.1) is 13.7 Å². The molecule has 1 fully saturated rings. The second kappa shape index (κ2) is 13.4. The van der Waals surface area contributed by atoms with E-state index in [4.69, 9.17) is 9.47 Å². The largest absolute Gasteiger partial charge is 0.493 e. The van der Waals surface area contributed by atoms with Gasteiger partial charge in [0.15, 0.2) is 17.5 Å². The Labute approximate surface area is 203 Å². The van der Waals surface area contributed by atoms with Gasteiger partial charge in [-0.25, -0.2) is 0 Å². The Morgan fingerprint density at radius 1 is 1.03 bits per heavy atom. The van der Waals surface area contributed by atoms with Gasteiger partial charge in [0.2, 0.25) is 0 Å². The monoisotopic (exact) mass is 538 g/mol. The van der Waals surface area contributed by atoms with Gasteiger partial charge in [-0.05, 0) is 56.1 Å². The highest BCUT2D eigenvalue weighted by molar-refractivity contribution is 14.0. The number of benzene rings is 2. The number of halogens is 1. The van der Waals surface area contributed by atoms with Crippen molar-refractivity contribution >= 4 is 35.6 Å². The minimum atomic E-state index is 0. The zero-order valence-corrected chi connectivity index (χ0v) is 21.1. The summed E-state index contributed by atoms with van der Waals surface area (Å²) in [5.74, 6) is 2.15. The fraction of sp³-hybridized carbons (Fsp3) is 0.458. The van der Waals surface area contributed by atoms with Gasteiger partial charge in [-0.2, -0.15) is 0 Å². The molecule has 170 valence electrons. The van der Waals surface area contributed by atoms with E-state index in [1.807, 2.05) is 25.1 Å². The number of rotatable bonds is 8. The van der Waals surface area contributed by atoms with Crippen molar-refractivity contribution in [2.24, 2.45) is 4.99 Å².